The van der Waals surface area contributed by atoms with Crippen LogP contribution >= 0.6 is 15.9 Å². The van der Waals surface area contributed by atoms with Gasteiger partial charge in [0, 0.05) is 12.7 Å². The Kier molecular flexibility index (Phi) is 3.33. The highest BCUT2D eigenvalue weighted by Gasteiger charge is 2.16. The van der Waals surface area contributed by atoms with E-state index in [0.29, 0.717) is 12.5 Å². The van der Waals surface area contributed by atoms with Crippen LogP contribution in [-0.2, 0) is 16.6 Å². The predicted molar refractivity (Wildman–Crippen MR) is 56.1 cm³/mol. The van der Waals surface area contributed by atoms with Crippen molar-refractivity contribution in [2.75, 3.05) is 0 Å². The SMILES string of the molecule is CC(C)Cn1cc(S(N)(=O)=O)c(Br)n1. The first-order valence-corrected chi connectivity index (χ1v) is 6.40. The Balaban J connectivity index is 3.06. The van der Waals surface area contributed by atoms with Crippen molar-refractivity contribution in [1.29, 1.82) is 0 Å². The van der Waals surface area contributed by atoms with E-state index in [4.69, 9.17) is 5.14 Å². The molecule has 0 aromatic carbocycles. The molecule has 0 amide bonds. The van der Waals surface area contributed by atoms with Gasteiger partial charge in [0.2, 0.25) is 10.0 Å². The standard InChI is InChI=1S/C7H12BrN3O2S/c1-5(2)3-11-4-6(7(8)10-11)14(9,12)13/h4-5H,3H2,1-2H3,(H2,9,12,13). The van der Waals surface area contributed by atoms with Gasteiger partial charge in [-0.05, 0) is 21.8 Å². The molecule has 14 heavy (non-hydrogen) atoms. The van der Waals surface area contributed by atoms with Crippen molar-refractivity contribution >= 4 is 26.0 Å². The van der Waals surface area contributed by atoms with Crippen molar-refractivity contribution in [3.05, 3.63) is 10.8 Å². The smallest absolute Gasteiger partial charge is 0.242 e. The van der Waals surface area contributed by atoms with Crippen molar-refractivity contribution < 1.29 is 8.42 Å². The molecule has 0 saturated carbocycles. The number of rotatable bonds is 3. The van der Waals surface area contributed by atoms with E-state index in [9.17, 15) is 8.42 Å². The van der Waals surface area contributed by atoms with Crippen LogP contribution in [0, 0.1) is 5.92 Å². The zero-order valence-corrected chi connectivity index (χ0v) is 10.3. The molecule has 1 rings (SSSR count). The molecule has 5 nitrogen and oxygen atoms in total. The molecule has 0 radical (unpaired) electrons. The van der Waals surface area contributed by atoms with Crippen molar-refractivity contribution in [2.45, 2.75) is 25.3 Å². The molecule has 0 aliphatic carbocycles. The second kappa shape index (κ2) is 4.00. The molecule has 1 aromatic rings. The first kappa shape index (κ1) is 11.7. The molecule has 1 aromatic heterocycles. The van der Waals surface area contributed by atoms with Crippen LogP contribution in [0.15, 0.2) is 15.7 Å². The Labute approximate surface area is 91.5 Å². The molecule has 0 unspecified atom stereocenters. The van der Waals surface area contributed by atoms with E-state index < -0.39 is 10.0 Å². The van der Waals surface area contributed by atoms with E-state index in [1.54, 1.807) is 4.68 Å². The number of sulfonamides is 1. The maximum Gasteiger partial charge on any atom is 0.242 e. The summed E-state index contributed by atoms with van der Waals surface area (Å²) in [6.07, 6.45) is 1.43. The molecule has 0 atom stereocenters. The second-order valence-corrected chi connectivity index (χ2v) is 5.73. The summed E-state index contributed by atoms with van der Waals surface area (Å²) < 4.78 is 23.9. The highest BCUT2D eigenvalue weighted by atomic mass is 79.9. The number of hydrogen-bond donors (Lipinski definition) is 1. The molecule has 2 N–H and O–H groups in total. The molecule has 0 aliphatic rings. The number of primary sulfonamides is 1. The average molecular weight is 282 g/mol. The quantitative estimate of drug-likeness (QED) is 0.896. The molecule has 0 bridgehead atoms. The van der Waals surface area contributed by atoms with Crippen LogP contribution in [0.3, 0.4) is 0 Å². The van der Waals surface area contributed by atoms with Gasteiger partial charge in [0.05, 0.1) is 0 Å². The van der Waals surface area contributed by atoms with Gasteiger partial charge in [0.25, 0.3) is 0 Å². The lowest BCUT2D eigenvalue weighted by molar-refractivity contribution is 0.481. The highest BCUT2D eigenvalue weighted by molar-refractivity contribution is 9.10. The van der Waals surface area contributed by atoms with Gasteiger partial charge in [0.15, 0.2) is 0 Å². The van der Waals surface area contributed by atoms with Gasteiger partial charge in [-0.1, -0.05) is 13.8 Å². The molecule has 0 fully saturated rings. The molecule has 80 valence electrons. The fourth-order valence-corrected chi connectivity index (χ4v) is 2.57. The summed E-state index contributed by atoms with van der Waals surface area (Å²) in [4.78, 5) is 0.0261. The summed E-state index contributed by atoms with van der Waals surface area (Å²) in [7, 11) is -3.68. The normalized spacial score (nSPS) is 12.4. The summed E-state index contributed by atoms with van der Waals surface area (Å²) in [5, 5.41) is 8.98. The third kappa shape index (κ3) is 2.79. The van der Waals surface area contributed by atoms with Crippen LogP contribution in [0.1, 0.15) is 13.8 Å². The van der Waals surface area contributed by atoms with Gasteiger partial charge < -0.3 is 0 Å². The molecule has 0 saturated heterocycles. The predicted octanol–water partition coefficient (Wildman–Crippen LogP) is 0.949. The van der Waals surface area contributed by atoms with Crippen LogP contribution < -0.4 is 5.14 Å². The van der Waals surface area contributed by atoms with E-state index in [1.165, 1.54) is 6.20 Å². The molecule has 7 heteroatoms. The van der Waals surface area contributed by atoms with E-state index in [1.807, 2.05) is 13.8 Å². The average Bonchev–Trinajstić information content (AvgIpc) is 2.27. The van der Waals surface area contributed by atoms with Crippen LogP contribution in [0.4, 0.5) is 0 Å². The first-order chi connectivity index (χ1) is 6.30. The summed E-state index contributed by atoms with van der Waals surface area (Å²) in [5.74, 6) is 0.398. The van der Waals surface area contributed by atoms with Crippen LogP contribution in [-0.4, -0.2) is 18.2 Å². The van der Waals surface area contributed by atoms with E-state index in [-0.39, 0.29) is 9.50 Å². The number of nitrogens with two attached hydrogens (primary N) is 1. The van der Waals surface area contributed by atoms with Crippen molar-refractivity contribution in [3.63, 3.8) is 0 Å². The number of hydrogen-bond acceptors (Lipinski definition) is 3. The van der Waals surface area contributed by atoms with Gasteiger partial charge in [0.1, 0.15) is 9.50 Å². The lowest BCUT2D eigenvalue weighted by atomic mass is 10.2. The maximum atomic E-state index is 11.0. The van der Waals surface area contributed by atoms with Crippen molar-refractivity contribution in [1.82, 2.24) is 9.78 Å². The van der Waals surface area contributed by atoms with Crippen LogP contribution in [0.5, 0.6) is 0 Å². The highest BCUT2D eigenvalue weighted by Crippen LogP contribution is 2.18. The summed E-state index contributed by atoms with van der Waals surface area (Å²) in [6.45, 7) is 4.70. The number of nitrogens with zero attached hydrogens (tertiary/aromatic N) is 2. The molecule has 1 heterocycles. The summed E-state index contributed by atoms with van der Waals surface area (Å²) in [6, 6.07) is 0. The largest absolute Gasteiger partial charge is 0.270 e. The zero-order valence-electron chi connectivity index (χ0n) is 7.94. The van der Waals surface area contributed by atoms with Crippen LogP contribution in [0.25, 0.3) is 0 Å². The molecule has 0 aliphatic heterocycles. The lowest BCUT2D eigenvalue weighted by Crippen LogP contribution is -2.12. The van der Waals surface area contributed by atoms with Crippen molar-refractivity contribution in [3.8, 4) is 0 Å². The molecular weight excluding hydrogens is 270 g/mol. The Hall–Kier alpha value is -0.400. The van der Waals surface area contributed by atoms with E-state index in [2.05, 4.69) is 21.0 Å². The Morgan fingerprint density at radius 1 is 1.64 bits per heavy atom. The molecular formula is C7H12BrN3O2S. The van der Waals surface area contributed by atoms with Gasteiger partial charge >= 0.3 is 0 Å². The Morgan fingerprint density at radius 3 is 2.57 bits per heavy atom. The number of halogens is 1. The lowest BCUT2D eigenvalue weighted by Gasteiger charge is -2.02. The fourth-order valence-electron chi connectivity index (χ4n) is 1.04. The van der Waals surface area contributed by atoms with E-state index in [0.717, 1.165) is 0 Å². The monoisotopic (exact) mass is 281 g/mol. The van der Waals surface area contributed by atoms with Gasteiger partial charge in [-0.2, -0.15) is 5.10 Å². The van der Waals surface area contributed by atoms with E-state index >= 15 is 0 Å². The Morgan fingerprint density at radius 2 is 2.21 bits per heavy atom. The minimum Gasteiger partial charge on any atom is -0.270 e. The first-order valence-electron chi connectivity index (χ1n) is 4.06. The minimum absolute atomic E-state index is 0.0261. The summed E-state index contributed by atoms with van der Waals surface area (Å²) in [5.41, 5.74) is 0. The minimum atomic E-state index is -3.68. The maximum absolute atomic E-state index is 11.0. The third-order valence-corrected chi connectivity index (χ3v) is 3.30. The zero-order chi connectivity index (χ0) is 10.9. The molecule has 0 spiro atoms. The fraction of sp³-hybridized carbons (Fsp3) is 0.571. The van der Waals surface area contributed by atoms with Crippen molar-refractivity contribution in [2.24, 2.45) is 11.1 Å². The summed E-state index contributed by atoms with van der Waals surface area (Å²) >= 11 is 3.05. The van der Waals surface area contributed by atoms with Gasteiger partial charge in [-0.3, -0.25) is 4.68 Å². The number of aromatic nitrogens is 2. The van der Waals surface area contributed by atoms with Gasteiger partial charge in [-0.15, -0.1) is 0 Å². The van der Waals surface area contributed by atoms with Gasteiger partial charge in [-0.25, -0.2) is 13.6 Å². The second-order valence-electron chi connectivity index (χ2n) is 3.45. The third-order valence-electron chi connectivity index (χ3n) is 1.54. The van der Waals surface area contributed by atoms with Crippen LogP contribution in [0.2, 0.25) is 0 Å². The Bertz CT molecular complexity index is 424. The topological polar surface area (TPSA) is 78.0 Å².